The van der Waals surface area contributed by atoms with Crippen molar-refractivity contribution < 1.29 is 0 Å². The van der Waals surface area contributed by atoms with Gasteiger partial charge in [-0.2, -0.15) is 0 Å². The molecule has 1 heterocycles. The smallest absolute Gasteiger partial charge is 0.161 e. The molecule has 0 bridgehead atoms. The van der Waals surface area contributed by atoms with E-state index in [-0.39, 0.29) is 0 Å². The van der Waals surface area contributed by atoms with Gasteiger partial charge >= 0.3 is 0 Å². The standard InChI is InChI=1S/C31H35N5/c1-20(2)29(22(4)16-17-33-5)28(32)19-23-11-14-25(15-12-23)34-31-27-9-7-6-8-26(27)30(35-36-31)24-13-10-21(3)18-24/h6-12,14-18,20H,13,19,32H2,1-5H3,(H,34,36)/b22-16+,29-28+,33-17?. The molecule has 0 saturated heterocycles. The van der Waals surface area contributed by atoms with E-state index in [0.29, 0.717) is 12.3 Å². The molecule has 4 rings (SSSR count). The lowest BCUT2D eigenvalue weighted by Crippen LogP contribution is -2.11. The summed E-state index contributed by atoms with van der Waals surface area (Å²) >= 11 is 0. The molecule has 1 aromatic heterocycles. The van der Waals surface area contributed by atoms with Crippen LogP contribution < -0.4 is 11.1 Å². The third kappa shape index (κ3) is 5.62. The predicted octanol–water partition coefficient (Wildman–Crippen LogP) is 7.17. The first-order valence-corrected chi connectivity index (χ1v) is 12.4. The summed E-state index contributed by atoms with van der Waals surface area (Å²) in [7, 11) is 1.77. The summed E-state index contributed by atoms with van der Waals surface area (Å²) in [5.74, 6) is 1.09. The Morgan fingerprint density at radius 2 is 1.81 bits per heavy atom. The average molecular weight is 478 g/mol. The monoisotopic (exact) mass is 477 g/mol. The van der Waals surface area contributed by atoms with Crippen molar-refractivity contribution in [3.63, 3.8) is 0 Å². The maximum absolute atomic E-state index is 6.57. The molecule has 3 N–H and O–H groups in total. The number of nitrogens with one attached hydrogen (secondary N) is 1. The molecule has 36 heavy (non-hydrogen) atoms. The molecular weight excluding hydrogens is 442 g/mol. The quantitative estimate of drug-likeness (QED) is 0.266. The molecular formula is C31H35N5. The minimum atomic E-state index is 0.335. The van der Waals surface area contributed by atoms with E-state index in [0.717, 1.165) is 51.2 Å². The van der Waals surface area contributed by atoms with Crippen LogP contribution in [-0.4, -0.2) is 23.5 Å². The number of nitrogens with zero attached hydrogens (tertiary/aromatic N) is 3. The Labute approximate surface area is 214 Å². The number of allylic oxidation sites excluding steroid dienone is 8. The van der Waals surface area contributed by atoms with E-state index in [1.807, 2.05) is 18.4 Å². The van der Waals surface area contributed by atoms with Gasteiger partial charge in [0.2, 0.25) is 0 Å². The first-order valence-electron chi connectivity index (χ1n) is 12.4. The lowest BCUT2D eigenvalue weighted by atomic mass is 9.91. The number of aromatic nitrogens is 2. The molecule has 3 aromatic rings. The van der Waals surface area contributed by atoms with E-state index in [2.05, 4.69) is 103 Å². The summed E-state index contributed by atoms with van der Waals surface area (Å²) < 4.78 is 0. The second kappa shape index (κ2) is 11.2. The fourth-order valence-electron chi connectivity index (χ4n) is 4.78. The van der Waals surface area contributed by atoms with Crippen LogP contribution >= 0.6 is 0 Å². The highest BCUT2D eigenvalue weighted by Crippen LogP contribution is 2.33. The van der Waals surface area contributed by atoms with Crippen LogP contribution in [0.1, 0.15) is 45.4 Å². The maximum atomic E-state index is 6.57. The van der Waals surface area contributed by atoms with E-state index in [1.165, 1.54) is 16.7 Å². The highest BCUT2D eigenvalue weighted by Gasteiger charge is 2.15. The van der Waals surface area contributed by atoms with Gasteiger partial charge in [-0.1, -0.05) is 68.0 Å². The van der Waals surface area contributed by atoms with E-state index >= 15 is 0 Å². The van der Waals surface area contributed by atoms with Crippen molar-refractivity contribution in [2.24, 2.45) is 16.6 Å². The summed E-state index contributed by atoms with van der Waals surface area (Å²) in [6.45, 7) is 8.56. The van der Waals surface area contributed by atoms with Crippen LogP contribution in [0.25, 0.3) is 16.3 Å². The number of hydrogen-bond acceptors (Lipinski definition) is 5. The number of aliphatic imine (C=N–C) groups is 1. The summed E-state index contributed by atoms with van der Waals surface area (Å²) in [5, 5.41) is 14.8. The van der Waals surface area contributed by atoms with Gasteiger partial charge in [0, 0.05) is 41.8 Å². The SMILES string of the molecule is CN=C/C=C(C)/C(=C(/N)Cc1ccc(Nc2nnc(C3=CC(C)=CC3)c3ccccc23)cc1)C(C)C. The second-order valence-electron chi connectivity index (χ2n) is 9.61. The summed E-state index contributed by atoms with van der Waals surface area (Å²) in [6, 6.07) is 16.7. The molecule has 0 spiro atoms. The van der Waals surface area contributed by atoms with E-state index in [4.69, 9.17) is 5.73 Å². The molecule has 0 fully saturated rings. The number of hydrogen-bond donors (Lipinski definition) is 2. The van der Waals surface area contributed by atoms with E-state index in [9.17, 15) is 0 Å². The third-order valence-electron chi connectivity index (χ3n) is 6.47. The van der Waals surface area contributed by atoms with Gasteiger partial charge < -0.3 is 11.1 Å². The van der Waals surface area contributed by atoms with Gasteiger partial charge in [-0.3, -0.25) is 4.99 Å². The van der Waals surface area contributed by atoms with Gasteiger partial charge in [0.05, 0.1) is 5.69 Å². The molecule has 0 unspecified atom stereocenters. The Balaban J connectivity index is 1.56. The summed E-state index contributed by atoms with van der Waals surface area (Å²) in [6.07, 6.45) is 9.85. The van der Waals surface area contributed by atoms with Crippen LogP contribution in [0.3, 0.4) is 0 Å². The molecule has 0 atom stereocenters. The predicted molar refractivity (Wildman–Crippen MR) is 154 cm³/mol. The maximum Gasteiger partial charge on any atom is 0.161 e. The average Bonchev–Trinajstić information content (AvgIpc) is 3.30. The Bertz CT molecular complexity index is 1400. The van der Waals surface area contributed by atoms with Crippen LogP contribution in [-0.2, 0) is 6.42 Å². The fraction of sp³-hybridized carbons (Fsp3) is 0.258. The molecule has 0 saturated carbocycles. The largest absolute Gasteiger partial charge is 0.402 e. The summed E-state index contributed by atoms with van der Waals surface area (Å²) in [4.78, 5) is 4.06. The molecule has 0 amide bonds. The highest BCUT2D eigenvalue weighted by atomic mass is 15.2. The van der Waals surface area contributed by atoms with Gasteiger partial charge in [0.25, 0.3) is 0 Å². The normalized spacial score (nSPS) is 14.9. The van der Waals surface area contributed by atoms with Crippen LogP contribution in [0.5, 0.6) is 0 Å². The first-order chi connectivity index (χ1) is 17.4. The number of benzene rings is 2. The summed E-state index contributed by atoms with van der Waals surface area (Å²) in [5.41, 5.74) is 15.4. The Morgan fingerprint density at radius 3 is 2.44 bits per heavy atom. The van der Waals surface area contributed by atoms with Crippen molar-refractivity contribution >= 4 is 34.1 Å². The van der Waals surface area contributed by atoms with Gasteiger partial charge in [-0.05, 0) is 66.7 Å². The molecule has 5 nitrogen and oxygen atoms in total. The van der Waals surface area contributed by atoms with Crippen molar-refractivity contribution in [2.75, 3.05) is 12.4 Å². The molecule has 184 valence electrons. The zero-order valence-electron chi connectivity index (χ0n) is 21.8. The molecule has 1 aliphatic rings. The van der Waals surface area contributed by atoms with Gasteiger partial charge in [0.15, 0.2) is 5.82 Å². The molecule has 5 heteroatoms. The van der Waals surface area contributed by atoms with E-state index in [1.54, 1.807) is 7.05 Å². The van der Waals surface area contributed by atoms with Crippen LogP contribution in [0.2, 0.25) is 0 Å². The molecule has 0 aliphatic heterocycles. The van der Waals surface area contributed by atoms with Crippen molar-refractivity contribution in [1.29, 1.82) is 0 Å². The second-order valence-corrected chi connectivity index (χ2v) is 9.61. The minimum Gasteiger partial charge on any atom is -0.402 e. The van der Waals surface area contributed by atoms with Gasteiger partial charge in [-0.15, -0.1) is 10.2 Å². The van der Waals surface area contributed by atoms with E-state index < -0.39 is 0 Å². The van der Waals surface area contributed by atoms with Crippen LogP contribution in [0.4, 0.5) is 11.5 Å². The number of nitrogens with two attached hydrogens (primary N) is 1. The van der Waals surface area contributed by atoms with Gasteiger partial charge in [0.1, 0.15) is 0 Å². The Hall–Kier alpha value is -3.99. The molecule has 1 aliphatic carbocycles. The lowest BCUT2D eigenvalue weighted by molar-refractivity contribution is 0.756. The van der Waals surface area contributed by atoms with Crippen molar-refractivity contribution in [1.82, 2.24) is 10.2 Å². The molecule has 2 aromatic carbocycles. The van der Waals surface area contributed by atoms with Crippen LogP contribution in [0.15, 0.2) is 94.2 Å². The molecule has 0 radical (unpaired) electrons. The van der Waals surface area contributed by atoms with Crippen LogP contribution in [0, 0.1) is 5.92 Å². The zero-order valence-corrected chi connectivity index (χ0v) is 21.8. The topological polar surface area (TPSA) is 76.2 Å². The first kappa shape index (κ1) is 25.1. The number of fused-ring (bicyclic) bond motifs is 1. The number of anilines is 2. The zero-order chi connectivity index (χ0) is 25.7. The van der Waals surface area contributed by atoms with Crippen molar-refractivity contribution in [3.8, 4) is 0 Å². The third-order valence-corrected chi connectivity index (χ3v) is 6.47. The van der Waals surface area contributed by atoms with Crippen molar-refractivity contribution in [3.05, 3.63) is 100 Å². The minimum absolute atomic E-state index is 0.335. The number of rotatable bonds is 8. The Kier molecular flexibility index (Phi) is 7.79. The highest BCUT2D eigenvalue weighted by molar-refractivity contribution is 5.99. The van der Waals surface area contributed by atoms with Crippen molar-refractivity contribution in [2.45, 2.75) is 40.5 Å². The Morgan fingerprint density at radius 1 is 1.08 bits per heavy atom. The van der Waals surface area contributed by atoms with Gasteiger partial charge in [-0.25, -0.2) is 0 Å². The fourth-order valence-corrected chi connectivity index (χ4v) is 4.78. The lowest BCUT2D eigenvalue weighted by Gasteiger charge is -2.17.